The lowest BCUT2D eigenvalue weighted by Gasteiger charge is -2.09. The van der Waals surface area contributed by atoms with Gasteiger partial charge in [-0.25, -0.2) is 9.59 Å². The average molecular weight is 469 g/mol. The number of unbranched alkanes of at least 4 members (excludes halogenated alkanes) is 12. The van der Waals surface area contributed by atoms with Gasteiger partial charge in [0.15, 0.2) is 0 Å². The van der Waals surface area contributed by atoms with Crippen molar-refractivity contribution in [2.45, 2.75) is 124 Å². The topological polar surface area (TPSA) is 78.9 Å². The molecule has 0 aliphatic carbocycles. The van der Waals surface area contributed by atoms with Crippen molar-refractivity contribution in [1.82, 2.24) is 0 Å². The fraction of sp³-hybridized carbons (Fsp3) is 0.815. The summed E-state index contributed by atoms with van der Waals surface area (Å²) in [4.78, 5) is 36.9. The van der Waals surface area contributed by atoms with Gasteiger partial charge in [-0.1, -0.05) is 97.8 Å². The highest BCUT2D eigenvalue weighted by Crippen LogP contribution is 2.11. The van der Waals surface area contributed by atoms with E-state index < -0.39 is 17.9 Å². The maximum Gasteiger partial charge on any atom is 0.334 e. The predicted octanol–water partition coefficient (Wildman–Crippen LogP) is 6.84. The highest BCUT2D eigenvalue weighted by molar-refractivity contribution is 5.99. The van der Waals surface area contributed by atoms with Crippen molar-refractivity contribution < 1.29 is 28.6 Å². The van der Waals surface area contributed by atoms with Crippen molar-refractivity contribution in [3.05, 3.63) is 11.6 Å². The molecule has 0 saturated heterocycles. The third-order valence-electron chi connectivity index (χ3n) is 5.37. The van der Waals surface area contributed by atoms with Gasteiger partial charge >= 0.3 is 17.9 Å². The van der Waals surface area contributed by atoms with Crippen LogP contribution in [0.1, 0.15) is 124 Å². The highest BCUT2D eigenvalue weighted by Gasteiger charge is 2.18. The molecule has 0 heterocycles. The Morgan fingerprint density at radius 1 is 0.545 bits per heavy atom. The second-order valence-electron chi connectivity index (χ2n) is 8.61. The normalized spacial score (nSPS) is 11.3. The number of ether oxygens (including phenoxy) is 3. The van der Waals surface area contributed by atoms with Crippen molar-refractivity contribution in [3.63, 3.8) is 0 Å². The summed E-state index contributed by atoms with van der Waals surface area (Å²) in [5.41, 5.74) is -0.00414. The van der Waals surface area contributed by atoms with Crippen LogP contribution < -0.4 is 0 Å². The molecule has 33 heavy (non-hydrogen) atoms. The summed E-state index contributed by atoms with van der Waals surface area (Å²) in [5.74, 6) is -1.79. The molecule has 6 nitrogen and oxygen atoms in total. The number of carbonyl (C=O) groups is 3. The van der Waals surface area contributed by atoms with Gasteiger partial charge in [0.25, 0.3) is 0 Å². The van der Waals surface area contributed by atoms with Crippen LogP contribution in [0.2, 0.25) is 0 Å². The van der Waals surface area contributed by atoms with Gasteiger partial charge in [0.1, 0.15) is 0 Å². The number of esters is 3. The van der Waals surface area contributed by atoms with E-state index in [-0.39, 0.29) is 18.6 Å². The summed E-state index contributed by atoms with van der Waals surface area (Å²) in [6, 6.07) is 0. The average Bonchev–Trinajstić information content (AvgIpc) is 2.80. The third kappa shape index (κ3) is 20.5. The maximum absolute atomic E-state index is 12.5. The molecule has 0 saturated carbocycles. The zero-order valence-electron chi connectivity index (χ0n) is 21.5. The van der Waals surface area contributed by atoms with Crippen molar-refractivity contribution in [2.75, 3.05) is 19.8 Å². The largest absolute Gasteiger partial charge is 0.465 e. The monoisotopic (exact) mass is 468 g/mol. The van der Waals surface area contributed by atoms with Gasteiger partial charge in [-0.3, -0.25) is 4.79 Å². The lowest BCUT2D eigenvalue weighted by molar-refractivity contribution is -0.146. The summed E-state index contributed by atoms with van der Waals surface area (Å²) in [6.45, 7) is 7.35. The Balaban J connectivity index is 4.60. The van der Waals surface area contributed by atoms with E-state index in [0.29, 0.717) is 13.2 Å². The van der Waals surface area contributed by atoms with Crippen LogP contribution in [0.5, 0.6) is 0 Å². The lowest BCUT2D eigenvalue weighted by Crippen LogP contribution is -2.17. The molecule has 0 amide bonds. The Morgan fingerprint density at radius 2 is 0.970 bits per heavy atom. The molecule has 0 fully saturated rings. The zero-order valence-corrected chi connectivity index (χ0v) is 21.5. The minimum Gasteiger partial charge on any atom is -0.465 e. The first-order chi connectivity index (χ1) is 16.0. The quantitative estimate of drug-likeness (QED) is 0.0748. The Hall–Kier alpha value is -1.85. The maximum atomic E-state index is 12.5. The van der Waals surface area contributed by atoms with E-state index in [4.69, 9.17) is 14.2 Å². The smallest absolute Gasteiger partial charge is 0.334 e. The zero-order chi connectivity index (χ0) is 24.6. The molecule has 192 valence electrons. The number of rotatable bonds is 22. The van der Waals surface area contributed by atoms with Crippen LogP contribution in [0.15, 0.2) is 11.6 Å². The van der Waals surface area contributed by atoms with Crippen LogP contribution in [-0.2, 0) is 28.6 Å². The Labute approximate surface area is 201 Å². The van der Waals surface area contributed by atoms with E-state index in [1.165, 1.54) is 12.8 Å². The van der Waals surface area contributed by atoms with Gasteiger partial charge in [0.05, 0.1) is 31.8 Å². The molecule has 0 aromatic carbocycles. The van der Waals surface area contributed by atoms with Crippen molar-refractivity contribution >= 4 is 17.9 Å². The first-order valence-electron chi connectivity index (χ1n) is 13.2. The summed E-state index contributed by atoms with van der Waals surface area (Å²) < 4.78 is 15.8. The summed E-state index contributed by atoms with van der Waals surface area (Å²) in [7, 11) is 0. The lowest BCUT2D eigenvalue weighted by atomic mass is 10.1. The molecule has 0 rings (SSSR count). The fourth-order valence-corrected chi connectivity index (χ4v) is 3.31. The number of hydrogen-bond acceptors (Lipinski definition) is 6. The van der Waals surface area contributed by atoms with Crippen molar-refractivity contribution in [3.8, 4) is 0 Å². The van der Waals surface area contributed by atoms with Crippen molar-refractivity contribution in [1.29, 1.82) is 0 Å². The summed E-state index contributed by atoms with van der Waals surface area (Å²) in [5, 5.41) is 0. The SMILES string of the molecule is CCCCCCCOC(=O)C=C(CC(=O)OCCCCCCC)C(=O)OCCCCCCC. The van der Waals surface area contributed by atoms with E-state index in [1.807, 2.05) is 0 Å². The van der Waals surface area contributed by atoms with Crippen LogP contribution >= 0.6 is 0 Å². The van der Waals surface area contributed by atoms with Crippen LogP contribution in [0, 0.1) is 0 Å². The standard InChI is InChI=1S/C27H48O6/c1-4-7-10-13-16-19-31-25(28)22-24(27(30)33-21-18-15-12-9-6-3)23-26(29)32-20-17-14-11-8-5-2/h22H,4-21,23H2,1-3H3. The van der Waals surface area contributed by atoms with E-state index in [2.05, 4.69) is 20.8 Å². The van der Waals surface area contributed by atoms with Crippen LogP contribution in [0.4, 0.5) is 0 Å². The van der Waals surface area contributed by atoms with E-state index >= 15 is 0 Å². The predicted molar refractivity (Wildman–Crippen MR) is 132 cm³/mol. The second kappa shape index (κ2) is 23.3. The Bertz CT molecular complexity index is 541. The molecule has 0 N–H and O–H groups in total. The van der Waals surface area contributed by atoms with Crippen LogP contribution in [-0.4, -0.2) is 37.7 Å². The van der Waals surface area contributed by atoms with Gasteiger partial charge in [-0.05, 0) is 19.3 Å². The molecule has 0 spiro atoms. The molecule has 0 unspecified atom stereocenters. The van der Waals surface area contributed by atoms with Gasteiger partial charge in [0.2, 0.25) is 0 Å². The van der Waals surface area contributed by atoms with Crippen LogP contribution in [0.25, 0.3) is 0 Å². The molecular formula is C27H48O6. The molecule has 0 aromatic rings. The Morgan fingerprint density at radius 3 is 1.45 bits per heavy atom. The molecule has 0 bridgehead atoms. The molecule has 6 heteroatoms. The molecular weight excluding hydrogens is 420 g/mol. The van der Waals surface area contributed by atoms with Gasteiger partial charge in [-0.15, -0.1) is 0 Å². The van der Waals surface area contributed by atoms with Gasteiger partial charge in [-0.2, -0.15) is 0 Å². The van der Waals surface area contributed by atoms with Gasteiger partial charge < -0.3 is 14.2 Å². The van der Waals surface area contributed by atoms with Crippen molar-refractivity contribution in [2.24, 2.45) is 0 Å². The van der Waals surface area contributed by atoms with E-state index in [1.54, 1.807) is 0 Å². The van der Waals surface area contributed by atoms with E-state index in [0.717, 1.165) is 89.5 Å². The first-order valence-corrected chi connectivity index (χ1v) is 13.2. The van der Waals surface area contributed by atoms with Crippen LogP contribution in [0.3, 0.4) is 0 Å². The first kappa shape index (κ1) is 31.1. The number of hydrogen-bond donors (Lipinski definition) is 0. The highest BCUT2D eigenvalue weighted by atomic mass is 16.5. The second-order valence-corrected chi connectivity index (χ2v) is 8.61. The molecule has 0 aromatic heterocycles. The number of carbonyl (C=O) groups excluding carboxylic acids is 3. The minimum absolute atomic E-state index is 0.00414. The molecule has 0 atom stereocenters. The third-order valence-corrected chi connectivity index (χ3v) is 5.37. The molecule has 0 radical (unpaired) electrons. The summed E-state index contributed by atoms with van der Waals surface area (Å²) in [6.07, 6.45) is 16.5. The minimum atomic E-state index is -0.648. The van der Waals surface area contributed by atoms with Gasteiger partial charge in [0, 0.05) is 6.08 Å². The molecule has 0 aliphatic heterocycles. The fourth-order valence-electron chi connectivity index (χ4n) is 3.31. The summed E-state index contributed by atoms with van der Waals surface area (Å²) >= 11 is 0. The Kier molecular flexibility index (Phi) is 22.0. The molecule has 0 aliphatic rings. The van der Waals surface area contributed by atoms with E-state index in [9.17, 15) is 14.4 Å².